The van der Waals surface area contributed by atoms with Gasteiger partial charge in [0, 0.05) is 36.9 Å². The molecule has 1 amide bonds. The highest BCUT2D eigenvalue weighted by molar-refractivity contribution is 6.33. The number of amides is 1. The molecular weight excluding hydrogens is 454 g/mol. The molecule has 0 spiro atoms. The molecule has 9 heteroatoms. The molecule has 1 aliphatic heterocycles. The molecule has 1 aliphatic rings. The molecule has 34 heavy (non-hydrogen) atoms. The van der Waals surface area contributed by atoms with Crippen LogP contribution < -0.4 is 10.6 Å². The predicted molar refractivity (Wildman–Crippen MR) is 133 cm³/mol. The molecule has 2 N–H and O–H groups in total. The van der Waals surface area contributed by atoms with Crippen LogP contribution >= 0.6 is 11.6 Å². The van der Waals surface area contributed by atoms with Gasteiger partial charge in [-0.1, -0.05) is 48.2 Å². The van der Waals surface area contributed by atoms with Gasteiger partial charge in [0.05, 0.1) is 23.8 Å². The lowest BCUT2D eigenvalue weighted by atomic mass is 10.1. The molecule has 180 valence electrons. The number of halogens is 1. The van der Waals surface area contributed by atoms with Gasteiger partial charge < -0.3 is 19.8 Å². The summed E-state index contributed by atoms with van der Waals surface area (Å²) in [5.74, 6) is 0.129. The zero-order chi connectivity index (χ0) is 23.8. The largest absolute Gasteiger partial charge is 0.403 e. The minimum absolute atomic E-state index is 0.201. The molecule has 0 bridgehead atoms. The standard InChI is InChI=1S/C25H30ClN5O3/c1-2-6-19(11-12-31-13-15-33-16-14-31)28-25-30-29-24(34-25)21-10-9-20(17-22(21)26)27-23(32)18-7-4-3-5-8-18/h3-5,7-10,17,19H,2,6,11-16H2,1H3,(H,27,32)(H,28,30). The van der Waals surface area contributed by atoms with Crippen LogP contribution in [0.3, 0.4) is 0 Å². The third-order valence-corrected chi connectivity index (χ3v) is 6.09. The van der Waals surface area contributed by atoms with E-state index in [1.807, 2.05) is 18.2 Å². The number of hydrogen-bond donors (Lipinski definition) is 2. The highest BCUT2D eigenvalue weighted by atomic mass is 35.5. The van der Waals surface area contributed by atoms with E-state index in [0.29, 0.717) is 33.7 Å². The van der Waals surface area contributed by atoms with E-state index in [1.165, 1.54) is 0 Å². The topological polar surface area (TPSA) is 92.5 Å². The summed E-state index contributed by atoms with van der Waals surface area (Å²) in [5.41, 5.74) is 1.78. The van der Waals surface area contributed by atoms with Gasteiger partial charge >= 0.3 is 6.01 Å². The Labute approximate surface area is 204 Å². The van der Waals surface area contributed by atoms with Crippen LogP contribution in [0, 0.1) is 0 Å². The van der Waals surface area contributed by atoms with Crippen molar-refractivity contribution in [2.45, 2.75) is 32.2 Å². The number of morpholine rings is 1. The summed E-state index contributed by atoms with van der Waals surface area (Å²) in [6.07, 6.45) is 3.06. The van der Waals surface area contributed by atoms with Crippen LogP contribution in [0.1, 0.15) is 36.5 Å². The van der Waals surface area contributed by atoms with Crippen molar-refractivity contribution in [3.05, 3.63) is 59.1 Å². The first-order valence-corrected chi connectivity index (χ1v) is 12.1. The summed E-state index contributed by atoms with van der Waals surface area (Å²) in [4.78, 5) is 14.8. The average molecular weight is 484 g/mol. The zero-order valence-corrected chi connectivity index (χ0v) is 20.1. The Hall–Kier alpha value is -2.94. The number of nitrogens with zero attached hydrogens (tertiary/aromatic N) is 3. The van der Waals surface area contributed by atoms with Gasteiger partial charge in [-0.25, -0.2) is 0 Å². The molecule has 1 fully saturated rings. The van der Waals surface area contributed by atoms with Crippen LogP contribution in [0.4, 0.5) is 11.7 Å². The van der Waals surface area contributed by atoms with Gasteiger partial charge in [0.1, 0.15) is 0 Å². The molecule has 1 aromatic heterocycles. The summed E-state index contributed by atoms with van der Waals surface area (Å²) in [6, 6.07) is 14.8. The van der Waals surface area contributed by atoms with Crippen molar-refractivity contribution in [2.24, 2.45) is 0 Å². The number of carbonyl (C=O) groups is 1. The van der Waals surface area contributed by atoms with Crippen molar-refractivity contribution in [1.82, 2.24) is 15.1 Å². The van der Waals surface area contributed by atoms with Crippen LogP contribution in [0.2, 0.25) is 5.02 Å². The highest BCUT2D eigenvalue weighted by Gasteiger charge is 2.18. The Kier molecular flexibility index (Phi) is 8.51. The van der Waals surface area contributed by atoms with E-state index in [1.54, 1.807) is 30.3 Å². The number of anilines is 2. The van der Waals surface area contributed by atoms with Crippen LogP contribution in [-0.4, -0.2) is 59.9 Å². The van der Waals surface area contributed by atoms with E-state index < -0.39 is 0 Å². The molecule has 1 saturated heterocycles. The first-order valence-electron chi connectivity index (χ1n) is 11.7. The molecule has 0 aliphatic carbocycles. The van der Waals surface area contributed by atoms with Crippen molar-refractivity contribution >= 4 is 29.2 Å². The normalized spacial score (nSPS) is 15.1. The average Bonchev–Trinajstić information content (AvgIpc) is 3.32. The minimum atomic E-state index is -0.201. The van der Waals surface area contributed by atoms with E-state index in [2.05, 4.69) is 32.7 Å². The summed E-state index contributed by atoms with van der Waals surface area (Å²) in [7, 11) is 0. The fraction of sp³-hybridized carbons (Fsp3) is 0.400. The van der Waals surface area contributed by atoms with Gasteiger partial charge in [-0.3, -0.25) is 9.69 Å². The second-order valence-electron chi connectivity index (χ2n) is 8.30. The van der Waals surface area contributed by atoms with Crippen LogP contribution in [0.5, 0.6) is 0 Å². The Balaban J connectivity index is 1.37. The van der Waals surface area contributed by atoms with E-state index in [4.69, 9.17) is 20.8 Å². The third-order valence-electron chi connectivity index (χ3n) is 5.78. The number of rotatable bonds is 10. The first kappa shape index (κ1) is 24.2. The summed E-state index contributed by atoms with van der Waals surface area (Å²) < 4.78 is 11.3. The van der Waals surface area contributed by atoms with Gasteiger partial charge in [-0.15, -0.1) is 5.10 Å². The number of ether oxygens (including phenoxy) is 1. The van der Waals surface area contributed by atoms with E-state index in [9.17, 15) is 4.79 Å². The summed E-state index contributed by atoms with van der Waals surface area (Å²) in [6.45, 7) is 6.72. The molecule has 0 saturated carbocycles. The fourth-order valence-corrected chi connectivity index (χ4v) is 4.19. The minimum Gasteiger partial charge on any atom is -0.403 e. The highest BCUT2D eigenvalue weighted by Crippen LogP contribution is 2.30. The molecule has 3 aromatic rings. The SMILES string of the molecule is CCCC(CCN1CCOCC1)Nc1nnc(-c2ccc(NC(=O)c3ccccc3)cc2Cl)o1. The maximum Gasteiger partial charge on any atom is 0.315 e. The maximum absolute atomic E-state index is 12.4. The van der Waals surface area contributed by atoms with Crippen LogP contribution in [0.15, 0.2) is 52.9 Å². The molecule has 4 rings (SSSR count). The lowest BCUT2D eigenvalue weighted by Crippen LogP contribution is -2.38. The third kappa shape index (κ3) is 6.56. The van der Waals surface area contributed by atoms with Gasteiger partial charge in [-0.2, -0.15) is 0 Å². The summed E-state index contributed by atoms with van der Waals surface area (Å²) >= 11 is 6.48. The summed E-state index contributed by atoms with van der Waals surface area (Å²) in [5, 5.41) is 15.0. The lowest BCUT2D eigenvalue weighted by molar-refractivity contribution is 0.0367. The van der Waals surface area contributed by atoms with E-state index in [0.717, 1.165) is 52.1 Å². The van der Waals surface area contributed by atoms with Crippen LogP contribution in [-0.2, 0) is 4.74 Å². The molecule has 1 atom stereocenters. The number of hydrogen-bond acceptors (Lipinski definition) is 7. The quantitative estimate of drug-likeness (QED) is 0.421. The lowest BCUT2D eigenvalue weighted by Gasteiger charge is -2.28. The Bertz CT molecular complexity index is 1070. The van der Waals surface area contributed by atoms with Crippen molar-refractivity contribution < 1.29 is 13.9 Å². The number of benzene rings is 2. The van der Waals surface area contributed by atoms with Gasteiger partial charge in [-0.05, 0) is 43.2 Å². The van der Waals surface area contributed by atoms with Crippen LogP contribution in [0.25, 0.3) is 11.5 Å². The molecule has 2 aromatic carbocycles. The van der Waals surface area contributed by atoms with Gasteiger partial charge in [0.25, 0.3) is 11.8 Å². The molecule has 2 heterocycles. The Morgan fingerprint density at radius 3 is 2.65 bits per heavy atom. The molecule has 1 unspecified atom stereocenters. The number of aromatic nitrogens is 2. The zero-order valence-electron chi connectivity index (χ0n) is 19.3. The van der Waals surface area contributed by atoms with E-state index in [-0.39, 0.29) is 11.9 Å². The Morgan fingerprint density at radius 2 is 1.91 bits per heavy atom. The fourth-order valence-electron chi connectivity index (χ4n) is 3.92. The second-order valence-corrected chi connectivity index (χ2v) is 8.71. The monoisotopic (exact) mass is 483 g/mol. The van der Waals surface area contributed by atoms with Crippen molar-refractivity contribution in [2.75, 3.05) is 43.5 Å². The van der Waals surface area contributed by atoms with Crippen molar-refractivity contribution in [1.29, 1.82) is 0 Å². The number of nitrogens with one attached hydrogen (secondary N) is 2. The van der Waals surface area contributed by atoms with Gasteiger partial charge in [0.15, 0.2) is 0 Å². The molecule has 8 nitrogen and oxygen atoms in total. The molecular formula is C25H30ClN5O3. The van der Waals surface area contributed by atoms with Gasteiger partial charge in [0.2, 0.25) is 0 Å². The molecule has 0 radical (unpaired) electrons. The predicted octanol–water partition coefficient (Wildman–Crippen LogP) is 4.95. The Morgan fingerprint density at radius 1 is 1.12 bits per heavy atom. The van der Waals surface area contributed by atoms with Crippen molar-refractivity contribution in [3.8, 4) is 11.5 Å². The number of carbonyl (C=O) groups excluding carboxylic acids is 1. The maximum atomic E-state index is 12.4. The first-order chi connectivity index (χ1) is 16.6. The van der Waals surface area contributed by atoms with Crippen molar-refractivity contribution in [3.63, 3.8) is 0 Å². The smallest absolute Gasteiger partial charge is 0.315 e. The van der Waals surface area contributed by atoms with E-state index >= 15 is 0 Å². The second kappa shape index (κ2) is 12.0.